The Morgan fingerprint density at radius 1 is 1.36 bits per heavy atom. The summed E-state index contributed by atoms with van der Waals surface area (Å²) < 4.78 is 10.7. The molecule has 2 atom stereocenters. The maximum atomic E-state index is 12.5. The zero-order valence-corrected chi connectivity index (χ0v) is 15.4. The van der Waals surface area contributed by atoms with Crippen LogP contribution in [0, 0.1) is 0 Å². The SMILES string of the molecule is CC1NCCCC1NC(=O)c1cnc(-c2ccc3c(c2)OCO3)s1.Cl. The number of carbonyl (C=O) groups is 1. The predicted molar refractivity (Wildman–Crippen MR) is 98.9 cm³/mol. The number of rotatable bonds is 3. The Labute approximate surface area is 156 Å². The van der Waals surface area contributed by atoms with Gasteiger partial charge in [-0.25, -0.2) is 4.98 Å². The summed E-state index contributed by atoms with van der Waals surface area (Å²) in [4.78, 5) is 17.5. The molecule has 1 aromatic heterocycles. The van der Waals surface area contributed by atoms with Crippen LogP contribution in [0.1, 0.15) is 29.4 Å². The van der Waals surface area contributed by atoms with Crippen molar-refractivity contribution in [2.24, 2.45) is 0 Å². The molecule has 3 heterocycles. The number of thiazole rings is 1. The number of nitrogens with zero attached hydrogens (tertiary/aromatic N) is 1. The lowest BCUT2D eigenvalue weighted by atomic mass is 10.00. The number of benzene rings is 1. The maximum absolute atomic E-state index is 12.5. The molecule has 0 saturated carbocycles. The van der Waals surface area contributed by atoms with Crippen LogP contribution in [0.5, 0.6) is 11.5 Å². The van der Waals surface area contributed by atoms with Crippen LogP contribution in [0.3, 0.4) is 0 Å². The number of aromatic nitrogens is 1. The number of hydrogen-bond donors (Lipinski definition) is 2. The van der Waals surface area contributed by atoms with E-state index in [9.17, 15) is 4.79 Å². The third-order valence-electron chi connectivity index (χ3n) is 4.43. The van der Waals surface area contributed by atoms with E-state index >= 15 is 0 Å². The monoisotopic (exact) mass is 381 g/mol. The number of amides is 1. The second kappa shape index (κ2) is 7.59. The van der Waals surface area contributed by atoms with Crippen molar-refractivity contribution in [3.63, 3.8) is 0 Å². The molecule has 0 bridgehead atoms. The highest BCUT2D eigenvalue weighted by atomic mass is 35.5. The Balaban J connectivity index is 0.00000182. The van der Waals surface area contributed by atoms with Crippen LogP contribution < -0.4 is 20.1 Å². The molecule has 0 spiro atoms. The number of ether oxygens (including phenoxy) is 2. The molecular formula is C17H20ClN3O3S. The number of hydrogen-bond acceptors (Lipinski definition) is 6. The van der Waals surface area contributed by atoms with Crippen molar-refractivity contribution < 1.29 is 14.3 Å². The molecule has 1 aromatic carbocycles. The summed E-state index contributed by atoms with van der Waals surface area (Å²) in [5, 5.41) is 7.31. The third-order valence-corrected chi connectivity index (χ3v) is 5.47. The first-order valence-electron chi connectivity index (χ1n) is 8.11. The van der Waals surface area contributed by atoms with Crippen LogP contribution in [-0.2, 0) is 0 Å². The van der Waals surface area contributed by atoms with Gasteiger partial charge >= 0.3 is 0 Å². The maximum Gasteiger partial charge on any atom is 0.263 e. The molecule has 2 aromatic rings. The average molecular weight is 382 g/mol. The average Bonchev–Trinajstić information content (AvgIpc) is 3.25. The Hall–Kier alpha value is -1.83. The largest absolute Gasteiger partial charge is 0.454 e. The lowest BCUT2D eigenvalue weighted by molar-refractivity contribution is 0.0924. The van der Waals surface area contributed by atoms with Gasteiger partial charge in [-0.2, -0.15) is 0 Å². The van der Waals surface area contributed by atoms with Crippen molar-refractivity contribution in [2.45, 2.75) is 31.8 Å². The van der Waals surface area contributed by atoms with E-state index in [2.05, 4.69) is 22.5 Å². The molecule has 8 heteroatoms. The van der Waals surface area contributed by atoms with Crippen LogP contribution in [0.4, 0.5) is 0 Å². The normalized spacial score (nSPS) is 21.5. The molecule has 2 aliphatic rings. The number of nitrogens with one attached hydrogen (secondary N) is 2. The first-order chi connectivity index (χ1) is 11.7. The van der Waals surface area contributed by atoms with E-state index < -0.39 is 0 Å². The summed E-state index contributed by atoms with van der Waals surface area (Å²) in [7, 11) is 0. The highest BCUT2D eigenvalue weighted by Crippen LogP contribution is 2.37. The van der Waals surface area contributed by atoms with Crippen LogP contribution in [0.15, 0.2) is 24.4 Å². The minimum absolute atomic E-state index is 0. The van der Waals surface area contributed by atoms with Gasteiger partial charge in [0.2, 0.25) is 6.79 Å². The zero-order valence-electron chi connectivity index (χ0n) is 13.8. The third kappa shape index (κ3) is 3.73. The quantitative estimate of drug-likeness (QED) is 0.855. The number of fused-ring (bicyclic) bond motifs is 1. The van der Waals surface area contributed by atoms with Gasteiger partial charge in [0.15, 0.2) is 11.5 Å². The number of carbonyl (C=O) groups excluding carboxylic acids is 1. The standard InChI is InChI=1S/C17H19N3O3S.ClH/c1-10-12(3-2-6-18-10)20-16(21)15-8-19-17(24-15)11-4-5-13-14(7-11)23-9-22-13;/h4-5,7-8,10,12,18H,2-3,6,9H2,1H3,(H,20,21);1H. The molecule has 2 aliphatic heterocycles. The summed E-state index contributed by atoms with van der Waals surface area (Å²) >= 11 is 1.39. The topological polar surface area (TPSA) is 72.5 Å². The molecule has 6 nitrogen and oxygen atoms in total. The molecule has 134 valence electrons. The molecule has 1 fully saturated rings. The lowest BCUT2D eigenvalue weighted by Crippen LogP contribution is -2.51. The fourth-order valence-corrected chi connectivity index (χ4v) is 3.84. The van der Waals surface area contributed by atoms with Crippen LogP contribution in [0.2, 0.25) is 0 Å². The predicted octanol–water partition coefficient (Wildman–Crippen LogP) is 2.83. The van der Waals surface area contributed by atoms with Crippen LogP contribution in [0.25, 0.3) is 10.6 Å². The summed E-state index contributed by atoms with van der Waals surface area (Å²) in [5.74, 6) is 1.41. The fraction of sp³-hybridized carbons (Fsp3) is 0.412. The van der Waals surface area contributed by atoms with E-state index in [1.807, 2.05) is 18.2 Å². The van der Waals surface area contributed by atoms with Gasteiger partial charge in [-0.3, -0.25) is 4.79 Å². The van der Waals surface area contributed by atoms with E-state index in [0.717, 1.165) is 41.5 Å². The summed E-state index contributed by atoms with van der Waals surface area (Å²) in [5.41, 5.74) is 0.927. The Morgan fingerprint density at radius 3 is 3.04 bits per heavy atom. The molecule has 1 saturated heterocycles. The zero-order chi connectivity index (χ0) is 16.5. The van der Waals surface area contributed by atoms with E-state index in [1.54, 1.807) is 6.20 Å². The lowest BCUT2D eigenvalue weighted by Gasteiger charge is -2.30. The van der Waals surface area contributed by atoms with Crippen molar-refractivity contribution in [3.05, 3.63) is 29.3 Å². The van der Waals surface area contributed by atoms with Gasteiger partial charge in [-0.15, -0.1) is 23.7 Å². The Kier molecular flexibility index (Phi) is 5.46. The van der Waals surface area contributed by atoms with E-state index in [4.69, 9.17) is 9.47 Å². The molecule has 1 amide bonds. The Bertz CT molecular complexity index is 767. The first-order valence-corrected chi connectivity index (χ1v) is 8.92. The molecule has 25 heavy (non-hydrogen) atoms. The minimum Gasteiger partial charge on any atom is -0.454 e. The molecule has 2 unspecified atom stereocenters. The van der Waals surface area contributed by atoms with Crippen molar-refractivity contribution in [1.29, 1.82) is 0 Å². The molecule has 0 aliphatic carbocycles. The number of halogens is 1. The summed E-state index contributed by atoms with van der Waals surface area (Å²) in [6, 6.07) is 6.16. The highest BCUT2D eigenvalue weighted by Gasteiger charge is 2.24. The summed E-state index contributed by atoms with van der Waals surface area (Å²) in [6.45, 7) is 3.37. The highest BCUT2D eigenvalue weighted by molar-refractivity contribution is 7.16. The van der Waals surface area contributed by atoms with Gasteiger partial charge in [-0.05, 0) is 44.5 Å². The van der Waals surface area contributed by atoms with Crippen LogP contribution in [-0.4, -0.2) is 36.3 Å². The van der Waals surface area contributed by atoms with E-state index in [-0.39, 0.29) is 31.1 Å². The van der Waals surface area contributed by atoms with Crippen molar-refractivity contribution in [1.82, 2.24) is 15.6 Å². The minimum atomic E-state index is -0.0555. The first kappa shape index (κ1) is 18.0. The van der Waals surface area contributed by atoms with E-state index in [0.29, 0.717) is 10.9 Å². The number of piperidine rings is 1. The van der Waals surface area contributed by atoms with Crippen LogP contribution >= 0.6 is 23.7 Å². The molecular weight excluding hydrogens is 362 g/mol. The van der Waals surface area contributed by atoms with Gasteiger partial charge in [0.05, 0.1) is 6.20 Å². The van der Waals surface area contributed by atoms with Crippen molar-refractivity contribution in [2.75, 3.05) is 13.3 Å². The Morgan fingerprint density at radius 2 is 2.20 bits per heavy atom. The molecule has 2 N–H and O–H groups in total. The van der Waals surface area contributed by atoms with Gasteiger partial charge in [0.25, 0.3) is 5.91 Å². The second-order valence-electron chi connectivity index (χ2n) is 6.06. The van der Waals surface area contributed by atoms with Crippen molar-refractivity contribution in [3.8, 4) is 22.1 Å². The van der Waals surface area contributed by atoms with Gasteiger partial charge < -0.3 is 20.1 Å². The van der Waals surface area contributed by atoms with E-state index in [1.165, 1.54) is 11.3 Å². The van der Waals surface area contributed by atoms with Gasteiger partial charge in [0.1, 0.15) is 9.88 Å². The molecule has 4 rings (SSSR count). The fourth-order valence-electron chi connectivity index (χ4n) is 3.02. The van der Waals surface area contributed by atoms with Gasteiger partial charge in [-0.1, -0.05) is 0 Å². The second-order valence-corrected chi connectivity index (χ2v) is 7.09. The van der Waals surface area contributed by atoms with Gasteiger partial charge in [0, 0.05) is 17.6 Å². The van der Waals surface area contributed by atoms with Crippen molar-refractivity contribution >= 4 is 29.7 Å². The molecule has 0 radical (unpaired) electrons. The smallest absolute Gasteiger partial charge is 0.263 e. The summed E-state index contributed by atoms with van der Waals surface area (Å²) in [6.07, 6.45) is 3.73.